The van der Waals surface area contributed by atoms with Crippen LogP contribution in [0.25, 0.3) is 0 Å². The average molecular weight is 490 g/mol. The van der Waals surface area contributed by atoms with Gasteiger partial charge in [0.2, 0.25) is 0 Å². The van der Waals surface area contributed by atoms with Gasteiger partial charge in [0, 0.05) is 29.3 Å². The van der Waals surface area contributed by atoms with E-state index in [1.807, 2.05) is 76.2 Å². The van der Waals surface area contributed by atoms with Crippen LogP contribution in [0.5, 0.6) is 11.5 Å². The Morgan fingerprint density at radius 1 is 1.00 bits per heavy atom. The van der Waals surface area contributed by atoms with E-state index in [0.717, 1.165) is 40.4 Å². The maximum absolute atomic E-state index is 13.7. The summed E-state index contributed by atoms with van der Waals surface area (Å²) in [5, 5.41) is 3.41. The number of carbonyl (C=O) groups excluding carboxylic acids is 2. The number of carbonyl (C=O) groups is 2. The molecule has 0 spiro atoms. The molecule has 6 nitrogen and oxygen atoms in total. The maximum Gasteiger partial charge on any atom is 0.337 e. The van der Waals surface area contributed by atoms with Gasteiger partial charge in [-0.15, -0.1) is 0 Å². The van der Waals surface area contributed by atoms with Crippen LogP contribution < -0.4 is 14.8 Å². The number of ketones is 1. The molecule has 1 heterocycles. The van der Waals surface area contributed by atoms with E-state index in [4.69, 9.17) is 14.2 Å². The van der Waals surface area contributed by atoms with Crippen molar-refractivity contribution >= 4 is 11.8 Å². The highest BCUT2D eigenvalue weighted by Gasteiger charge is 2.41. The first-order valence-corrected chi connectivity index (χ1v) is 12.7. The van der Waals surface area contributed by atoms with Crippen molar-refractivity contribution in [3.8, 4) is 11.5 Å². The maximum atomic E-state index is 13.7. The number of esters is 1. The fourth-order valence-corrected chi connectivity index (χ4v) is 5.01. The summed E-state index contributed by atoms with van der Waals surface area (Å²) >= 11 is 0. The van der Waals surface area contributed by atoms with E-state index < -0.39 is 5.92 Å². The third-order valence-corrected chi connectivity index (χ3v) is 7.04. The van der Waals surface area contributed by atoms with Crippen LogP contribution in [-0.2, 0) is 14.3 Å². The zero-order valence-corrected chi connectivity index (χ0v) is 21.7. The minimum Gasteiger partial charge on any atom is -0.497 e. The summed E-state index contributed by atoms with van der Waals surface area (Å²) in [6.45, 7) is 8.25. The summed E-state index contributed by atoms with van der Waals surface area (Å²) in [6.07, 6.45) is 1.57. The van der Waals surface area contributed by atoms with Gasteiger partial charge >= 0.3 is 5.97 Å². The Hall–Kier alpha value is -3.54. The van der Waals surface area contributed by atoms with Gasteiger partial charge in [0.05, 0.1) is 25.4 Å². The molecule has 1 aliphatic heterocycles. The molecule has 190 valence electrons. The number of dihydropyridines is 1. The van der Waals surface area contributed by atoms with Gasteiger partial charge in [-0.2, -0.15) is 0 Å². The summed E-state index contributed by atoms with van der Waals surface area (Å²) in [7, 11) is 1.64. The highest BCUT2D eigenvalue weighted by molar-refractivity contribution is 6.04. The molecular formula is C30H35NO5. The van der Waals surface area contributed by atoms with E-state index in [1.165, 1.54) is 0 Å². The van der Waals surface area contributed by atoms with Crippen LogP contribution in [0.4, 0.5) is 0 Å². The highest BCUT2D eigenvalue weighted by Crippen LogP contribution is 2.46. The summed E-state index contributed by atoms with van der Waals surface area (Å²) in [6, 6.07) is 15.6. The van der Waals surface area contributed by atoms with E-state index >= 15 is 0 Å². The fourth-order valence-electron chi connectivity index (χ4n) is 5.01. The molecular weight excluding hydrogens is 454 g/mol. The SMILES string of the molecule is CCOc1ccc([C@H]2C(C(=O)O[C@@H](C)CC)=C(C)NC3=C2C(=O)C[C@H](c2ccc(OC)cc2)C3)cc1. The van der Waals surface area contributed by atoms with Gasteiger partial charge < -0.3 is 19.5 Å². The van der Waals surface area contributed by atoms with Crippen LogP contribution in [0.15, 0.2) is 71.1 Å². The number of methoxy groups -OCH3 is 1. The van der Waals surface area contributed by atoms with Crippen LogP contribution in [0, 0.1) is 0 Å². The Labute approximate surface area is 213 Å². The van der Waals surface area contributed by atoms with E-state index in [1.54, 1.807) is 7.11 Å². The first-order chi connectivity index (χ1) is 17.4. The van der Waals surface area contributed by atoms with Crippen molar-refractivity contribution in [1.29, 1.82) is 0 Å². The second kappa shape index (κ2) is 11.0. The van der Waals surface area contributed by atoms with E-state index in [-0.39, 0.29) is 23.8 Å². The number of ether oxygens (including phenoxy) is 3. The smallest absolute Gasteiger partial charge is 0.337 e. The third kappa shape index (κ3) is 5.18. The Morgan fingerprint density at radius 2 is 1.64 bits per heavy atom. The van der Waals surface area contributed by atoms with Crippen LogP contribution in [0.3, 0.4) is 0 Å². The molecule has 0 amide bonds. The normalized spacial score (nSPS) is 20.4. The zero-order valence-electron chi connectivity index (χ0n) is 21.7. The lowest BCUT2D eigenvalue weighted by Crippen LogP contribution is -2.36. The summed E-state index contributed by atoms with van der Waals surface area (Å²) in [5.74, 6) is 0.767. The van der Waals surface area contributed by atoms with Crippen molar-refractivity contribution in [2.24, 2.45) is 0 Å². The number of rotatable bonds is 8. The lowest BCUT2D eigenvalue weighted by Gasteiger charge is -2.37. The summed E-state index contributed by atoms with van der Waals surface area (Å²) in [4.78, 5) is 27.1. The Kier molecular flexibility index (Phi) is 7.82. The topological polar surface area (TPSA) is 73.9 Å². The molecule has 4 rings (SSSR count). The first-order valence-electron chi connectivity index (χ1n) is 12.7. The fraction of sp³-hybridized carbons (Fsp3) is 0.400. The molecule has 0 saturated carbocycles. The van der Waals surface area contributed by atoms with Crippen LogP contribution in [0.2, 0.25) is 0 Å². The molecule has 0 radical (unpaired) electrons. The van der Waals surface area contributed by atoms with Gasteiger partial charge in [-0.05, 0) is 74.9 Å². The standard InChI is InChI=1S/C30H35NO5/c1-6-18(3)36-30(33)27-19(4)31-25-16-22(20-8-12-23(34-5)13-9-20)17-26(32)29(25)28(27)21-10-14-24(15-11-21)35-7-2/h8-15,18,22,28,31H,6-7,16-17H2,1-5H3/t18-,22+,28-/m0/s1. The lowest BCUT2D eigenvalue weighted by atomic mass is 9.71. The van der Waals surface area contributed by atoms with Crippen molar-refractivity contribution in [3.63, 3.8) is 0 Å². The van der Waals surface area contributed by atoms with Gasteiger partial charge in [-0.1, -0.05) is 31.2 Å². The van der Waals surface area contributed by atoms with Crippen LogP contribution >= 0.6 is 0 Å². The van der Waals surface area contributed by atoms with Gasteiger partial charge in [-0.25, -0.2) is 4.79 Å². The summed E-state index contributed by atoms with van der Waals surface area (Å²) in [5.41, 5.74) is 4.73. The molecule has 6 heteroatoms. The van der Waals surface area contributed by atoms with E-state index in [9.17, 15) is 9.59 Å². The number of allylic oxidation sites excluding steroid dienone is 3. The number of nitrogens with one attached hydrogen (secondary N) is 1. The van der Waals surface area contributed by atoms with Crippen molar-refractivity contribution in [2.75, 3.05) is 13.7 Å². The highest BCUT2D eigenvalue weighted by atomic mass is 16.5. The predicted octanol–water partition coefficient (Wildman–Crippen LogP) is 5.80. The van der Waals surface area contributed by atoms with E-state index in [0.29, 0.717) is 30.6 Å². The molecule has 3 atom stereocenters. The zero-order chi connectivity index (χ0) is 25.8. The number of hydrogen-bond acceptors (Lipinski definition) is 6. The quantitative estimate of drug-likeness (QED) is 0.473. The second-order valence-corrected chi connectivity index (χ2v) is 9.42. The van der Waals surface area contributed by atoms with Gasteiger partial charge in [-0.3, -0.25) is 4.79 Å². The molecule has 2 aromatic rings. The van der Waals surface area contributed by atoms with Crippen molar-refractivity contribution in [1.82, 2.24) is 5.32 Å². The first kappa shape index (κ1) is 25.5. The second-order valence-electron chi connectivity index (χ2n) is 9.42. The molecule has 0 bridgehead atoms. The van der Waals surface area contributed by atoms with Crippen molar-refractivity contribution < 1.29 is 23.8 Å². The molecule has 1 aliphatic carbocycles. The van der Waals surface area contributed by atoms with Crippen molar-refractivity contribution in [3.05, 3.63) is 82.2 Å². The molecule has 0 fully saturated rings. The van der Waals surface area contributed by atoms with Gasteiger partial charge in [0.15, 0.2) is 5.78 Å². The Morgan fingerprint density at radius 3 is 2.25 bits per heavy atom. The Bertz CT molecular complexity index is 1180. The number of benzene rings is 2. The molecule has 2 aromatic carbocycles. The average Bonchev–Trinajstić information content (AvgIpc) is 2.88. The van der Waals surface area contributed by atoms with Crippen LogP contribution in [0.1, 0.15) is 69.9 Å². The monoisotopic (exact) mass is 489 g/mol. The van der Waals surface area contributed by atoms with Crippen LogP contribution in [-0.4, -0.2) is 31.6 Å². The molecule has 0 unspecified atom stereocenters. The lowest BCUT2D eigenvalue weighted by molar-refractivity contribution is -0.144. The number of hydrogen-bond donors (Lipinski definition) is 1. The van der Waals surface area contributed by atoms with E-state index in [2.05, 4.69) is 5.32 Å². The third-order valence-electron chi connectivity index (χ3n) is 7.04. The Balaban J connectivity index is 1.74. The molecule has 0 aromatic heterocycles. The summed E-state index contributed by atoms with van der Waals surface area (Å²) < 4.78 is 16.6. The largest absolute Gasteiger partial charge is 0.497 e. The minimum absolute atomic E-state index is 0.0461. The van der Waals surface area contributed by atoms with Gasteiger partial charge in [0.25, 0.3) is 0 Å². The van der Waals surface area contributed by atoms with Crippen molar-refractivity contribution in [2.45, 2.75) is 64.9 Å². The molecule has 36 heavy (non-hydrogen) atoms. The number of Topliss-reactive ketones (excluding diaryl/α,β-unsaturated/α-hetero) is 1. The van der Waals surface area contributed by atoms with Gasteiger partial charge in [0.1, 0.15) is 11.5 Å². The molecule has 2 aliphatic rings. The predicted molar refractivity (Wildman–Crippen MR) is 139 cm³/mol. The minimum atomic E-state index is -0.488. The molecule has 1 N–H and O–H groups in total. The molecule has 0 saturated heterocycles.